The highest BCUT2D eigenvalue weighted by Crippen LogP contribution is 2.32. The third kappa shape index (κ3) is 2.87. The second-order valence-corrected chi connectivity index (χ2v) is 5.27. The second-order valence-electron chi connectivity index (χ2n) is 3.85. The minimum Gasteiger partial charge on any atom is -0.387 e. The van der Waals surface area contributed by atoms with E-state index in [9.17, 15) is 5.11 Å². The van der Waals surface area contributed by atoms with Gasteiger partial charge in [-0.05, 0) is 29.1 Å². The fourth-order valence-electron chi connectivity index (χ4n) is 1.82. The monoisotopic (exact) mass is 267 g/mol. The second kappa shape index (κ2) is 5.65. The van der Waals surface area contributed by atoms with Crippen molar-refractivity contribution in [3.05, 3.63) is 57.2 Å². The predicted molar refractivity (Wildman–Crippen MR) is 72.5 cm³/mol. The summed E-state index contributed by atoms with van der Waals surface area (Å²) in [6.07, 6.45) is -0.554. The molecule has 2 nitrogen and oxygen atoms in total. The molecular weight excluding hydrogens is 254 g/mol. The molecule has 2 rings (SSSR count). The van der Waals surface area contributed by atoms with Crippen molar-refractivity contribution in [2.24, 2.45) is 5.73 Å². The van der Waals surface area contributed by atoms with Gasteiger partial charge in [0.1, 0.15) is 0 Å². The molecule has 0 saturated heterocycles. The van der Waals surface area contributed by atoms with Gasteiger partial charge in [-0.1, -0.05) is 29.8 Å². The number of rotatable bonds is 4. The van der Waals surface area contributed by atoms with E-state index in [1.54, 1.807) is 11.3 Å². The van der Waals surface area contributed by atoms with Gasteiger partial charge in [-0.15, -0.1) is 11.3 Å². The van der Waals surface area contributed by atoms with Crippen molar-refractivity contribution < 1.29 is 5.11 Å². The normalized spacial score (nSPS) is 14.5. The molecule has 90 valence electrons. The highest BCUT2D eigenvalue weighted by molar-refractivity contribution is 7.10. The minimum absolute atomic E-state index is 0.0917. The number of hydrogen-bond acceptors (Lipinski definition) is 3. The van der Waals surface area contributed by atoms with Gasteiger partial charge in [0.15, 0.2) is 0 Å². The molecule has 2 atom stereocenters. The molecule has 1 aromatic heterocycles. The average Bonchev–Trinajstić information content (AvgIpc) is 2.86. The van der Waals surface area contributed by atoms with Crippen molar-refractivity contribution >= 4 is 22.9 Å². The van der Waals surface area contributed by atoms with Crippen molar-refractivity contribution in [2.45, 2.75) is 12.0 Å². The fourth-order valence-corrected chi connectivity index (χ4v) is 2.72. The molecule has 1 aromatic carbocycles. The number of thiophene rings is 1. The highest BCUT2D eigenvalue weighted by atomic mass is 35.5. The molecule has 2 unspecified atom stereocenters. The third-order valence-electron chi connectivity index (χ3n) is 2.77. The lowest BCUT2D eigenvalue weighted by atomic mass is 9.92. The van der Waals surface area contributed by atoms with Gasteiger partial charge in [0.25, 0.3) is 0 Å². The zero-order chi connectivity index (χ0) is 12.3. The van der Waals surface area contributed by atoms with Crippen LogP contribution in [0.3, 0.4) is 0 Å². The Bertz CT molecular complexity index is 455. The van der Waals surface area contributed by atoms with Crippen molar-refractivity contribution in [3.8, 4) is 0 Å². The van der Waals surface area contributed by atoms with Crippen LogP contribution < -0.4 is 5.73 Å². The third-order valence-corrected chi connectivity index (χ3v) is 3.96. The lowest BCUT2D eigenvalue weighted by Gasteiger charge is -2.21. The molecule has 2 aromatic rings. The lowest BCUT2D eigenvalue weighted by molar-refractivity contribution is 0.151. The van der Waals surface area contributed by atoms with Crippen LogP contribution in [0.4, 0.5) is 0 Å². The first kappa shape index (κ1) is 12.6. The Hall–Kier alpha value is -0.870. The molecule has 0 aliphatic heterocycles. The largest absolute Gasteiger partial charge is 0.387 e. The van der Waals surface area contributed by atoms with Crippen molar-refractivity contribution in [1.82, 2.24) is 0 Å². The van der Waals surface area contributed by atoms with E-state index in [0.717, 1.165) is 10.4 Å². The molecule has 1 heterocycles. The molecule has 0 spiro atoms. The number of aliphatic hydroxyl groups is 1. The van der Waals surface area contributed by atoms with E-state index in [2.05, 4.69) is 0 Å². The summed E-state index contributed by atoms with van der Waals surface area (Å²) < 4.78 is 0. The van der Waals surface area contributed by atoms with E-state index in [1.165, 1.54) is 0 Å². The fraction of sp³-hybridized carbons (Fsp3) is 0.231. The molecule has 0 amide bonds. The van der Waals surface area contributed by atoms with Gasteiger partial charge in [-0.2, -0.15) is 0 Å². The maximum absolute atomic E-state index is 10.3. The van der Waals surface area contributed by atoms with Crippen LogP contribution in [0.5, 0.6) is 0 Å². The summed E-state index contributed by atoms with van der Waals surface area (Å²) in [7, 11) is 0. The summed E-state index contributed by atoms with van der Waals surface area (Å²) in [5.41, 5.74) is 6.77. The molecular formula is C13H14ClNOS. The van der Waals surface area contributed by atoms with E-state index in [0.29, 0.717) is 11.6 Å². The number of nitrogens with two attached hydrogens (primary N) is 1. The predicted octanol–water partition coefficient (Wildman–Crippen LogP) is 3.18. The molecule has 4 heteroatoms. The van der Waals surface area contributed by atoms with E-state index < -0.39 is 6.10 Å². The zero-order valence-corrected chi connectivity index (χ0v) is 10.8. The summed E-state index contributed by atoms with van der Waals surface area (Å²) >= 11 is 7.39. The van der Waals surface area contributed by atoms with Crippen LogP contribution in [0.15, 0.2) is 41.8 Å². The summed E-state index contributed by atoms with van der Waals surface area (Å²) in [6.45, 7) is 0.403. The van der Waals surface area contributed by atoms with E-state index >= 15 is 0 Å². The van der Waals surface area contributed by atoms with Crippen LogP contribution in [-0.2, 0) is 0 Å². The maximum Gasteiger partial charge on any atom is 0.0962 e. The standard InChI is InChI=1S/C13H14ClNOS/c14-10-5-3-9(4-6-10)11(8-15)13(16)12-2-1-7-17-12/h1-7,11,13,16H,8,15H2. The first-order valence-corrected chi connectivity index (χ1v) is 6.65. The molecule has 0 radical (unpaired) electrons. The Kier molecular flexibility index (Phi) is 4.18. The van der Waals surface area contributed by atoms with E-state index in [1.807, 2.05) is 41.8 Å². The Morgan fingerprint density at radius 1 is 1.24 bits per heavy atom. The number of aliphatic hydroxyl groups excluding tert-OH is 1. The summed E-state index contributed by atoms with van der Waals surface area (Å²) in [5.74, 6) is -0.0917. The first-order chi connectivity index (χ1) is 8.22. The number of hydrogen-bond donors (Lipinski definition) is 2. The molecule has 0 aliphatic carbocycles. The van der Waals surface area contributed by atoms with Gasteiger partial charge in [-0.3, -0.25) is 0 Å². The van der Waals surface area contributed by atoms with Crippen LogP contribution in [0.2, 0.25) is 5.02 Å². The molecule has 0 saturated carbocycles. The van der Waals surface area contributed by atoms with Gasteiger partial charge in [0.2, 0.25) is 0 Å². The van der Waals surface area contributed by atoms with E-state index in [4.69, 9.17) is 17.3 Å². The average molecular weight is 268 g/mol. The van der Waals surface area contributed by atoms with E-state index in [-0.39, 0.29) is 5.92 Å². The molecule has 17 heavy (non-hydrogen) atoms. The lowest BCUT2D eigenvalue weighted by Crippen LogP contribution is -2.19. The number of benzene rings is 1. The Morgan fingerprint density at radius 3 is 2.47 bits per heavy atom. The SMILES string of the molecule is NCC(c1ccc(Cl)cc1)C(O)c1cccs1. The summed E-state index contributed by atoms with van der Waals surface area (Å²) in [4.78, 5) is 0.940. The Labute approximate surface area is 110 Å². The first-order valence-electron chi connectivity index (χ1n) is 5.39. The van der Waals surface area contributed by atoms with Gasteiger partial charge in [0.05, 0.1) is 6.10 Å². The summed E-state index contributed by atoms with van der Waals surface area (Å²) in [6, 6.07) is 11.3. The van der Waals surface area contributed by atoms with Crippen LogP contribution in [0, 0.1) is 0 Å². The molecule has 3 N–H and O–H groups in total. The van der Waals surface area contributed by atoms with Crippen molar-refractivity contribution in [1.29, 1.82) is 0 Å². The van der Waals surface area contributed by atoms with Crippen LogP contribution in [0.25, 0.3) is 0 Å². The van der Waals surface area contributed by atoms with Crippen molar-refractivity contribution in [2.75, 3.05) is 6.54 Å². The van der Waals surface area contributed by atoms with Crippen LogP contribution in [-0.4, -0.2) is 11.7 Å². The van der Waals surface area contributed by atoms with Crippen LogP contribution in [0.1, 0.15) is 22.5 Å². The topological polar surface area (TPSA) is 46.2 Å². The molecule has 0 bridgehead atoms. The van der Waals surface area contributed by atoms with Gasteiger partial charge in [0, 0.05) is 22.4 Å². The van der Waals surface area contributed by atoms with Gasteiger partial charge < -0.3 is 10.8 Å². The Balaban J connectivity index is 2.24. The maximum atomic E-state index is 10.3. The highest BCUT2D eigenvalue weighted by Gasteiger charge is 2.22. The zero-order valence-electron chi connectivity index (χ0n) is 9.21. The molecule has 0 aliphatic rings. The smallest absolute Gasteiger partial charge is 0.0962 e. The van der Waals surface area contributed by atoms with Gasteiger partial charge in [-0.25, -0.2) is 0 Å². The van der Waals surface area contributed by atoms with Gasteiger partial charge >= 0.3 is 0 Å². The van der Waals surface area contributed by atoms with Crippen LogP contribution >= 0.6 is 22.9 Å². The molecule has 0 fully saturated rings. The quantitative estimate of drug-likeness (QED) is 0.894. The summed E-state index contributed by atoms with van der Waals surface area (Å²) in [5, 5.41) is 12.9. The Morgan fingerprint density at radius 2 is 1.94 bits per heavy atom. The number of halogens is 1. The minimum atomic E-state index is -0.554. The van der Waals surface area contributed by atoms with Crippen molar-refractivity contribution in [3.63, 3.8) is 0 Å².